The molecule has 4 heteroatoms. The Hall–Kier alpha value is -0.600. The lowest BCUT2D eigenvalue weighted by molar-refractivity contribution is -0.162. The van der Waals surface area contributed by atoms with Crippen LogP contribution in [0.4, 0.5) is 0 Å². The Kier molecular flexibility index (Phi) is 8.03. The van der Waals surface area contributed by atoms with E-state index < -0.39 is 0 Å². The summed E-state index contributed by atoms with van der Waals surface area (Å²) in [5.41, 5.74) is 0. The van der Waals surface area contributed by atoms with Crippen molar-refractivity contribution in [1.29, 1.82) is 0 Å². The fraction of sp³-hybridized carbons (Fsp3) is 0.875. The van der Waals surface area contributed by atoms with Crippen molar-refractivity contribution in [3.05, 3.63) is 0 Å². The second kappa shape index (κ2) is 10.2. The molecule has 2 fully saturated rings. The zero-order chi connectivity index (χ0) is 13.9. The fourth-order valence-corrected chi connectivity index (χ4v) is 2.33. The van der Waals surface area contributed by atoms with Gasteiger partial charge in [-0.2, -0.15) is 0 Å². The second-order valence-electron chi connectivity index (χ2n) is 5.23. The molecule has 20 heavy (non-hydrogen) atoms. The molecule has 0 aromatic carbocycles. The largest absolute Gasteiger partial charge is 0.353 e. The lowest BCUT2D eigenvalue weighted by atomic mass is 10.2. The third-order valence-corrected chi connectivity index (χ3v) is 3.49. The van der Waals surface area contributed by atoms with Gasteiger partial charge in [-0.1, -0.05) is 5.92 Å². The second-order valence-corrected chi connectivity index (χ2v) is 5.23. The van der Waals surface area contributed by atoms with E-state index in [-0.39, 0.29) is 12.6 Å². The van der Waals surface area contributed by atoms with Gasteiger partial charge in [0, 0.05) is 19.6 Å². The molecule has 2 heterocycles. The number of rotatable bonds is 6. The molecular formula is C16H26O4. The van der Waals surface area contributed by atoms with Crippen LogP contribution in [0.5, 0.6) is 0 Å². The number of hydrogen-bond donors (Lipinski definition) is 0. The van der Waals surface area contributed by atoms with Crippen LogP contribution < -0.4 is 0 Å². The SMILES string of the molecule is C(#CCO[C@@H]1CCCCO1)CCCO[C@@H]1CCCCO1. The van der Waals surface area contributed by atoms with Gasteiger partial charge in [0.1, 0.15) is 6.61 Å². The van der Waals surface area contributed by atoms with E-state index in [4.69, 9.17) is 18.9 Å². The summed E-state index contributed by atoms with van der Waals surface area (Å²) in [6, 6.07) is 0. The minimum Gasteiger partial charge on any atom is -0.353 e. The molecule has 0 unspecified atom stereocenters. The van der Waals surface area contributed by atoms with Crippen molar-refractivity contribution < 1.29 is 18.9 Å². The predicted molar refractivity (Wildman–Crippen MR) is 76.1 cm³/mol. The van der Waals surface area contributed by atoms with Crippen molar-refractivity contribution in [2.75, 3.05) is 26.4 Å². The summed E-state index contributed by atoms with van der Waals surface area (Å²) in [5, 5.41) is 0. The quantitative estimate of drug-likeness (QED) is 0.554. The molecule has 0 N–H and O–H groups in total. The lowest BCUT2D eigenvalue weighted by Gasteiger charge is -2.22. The van der Waals surface area contributed by atoms with Crippen molar-refractivity contribution in [3.63, 3.8) is 0 Å². The van der Waals surface area contributed by atoms with Gasteiger partial charge in [0.2, 0.25) is 0 Å². The van der Waals surface area contributed by atoms with E-state index in [0.717, 1.165) is 58.3 Å². The zero-order valence-corrected chi connectivity index (χ0v) is 12.3. The topological polar surface area (TPSA) is 36.9 Å². The first-order valence-corrected chi connectivity index (χ1v) is 7.87. The number of hydrogen-bond acceptors (Lipinski definition) is 4. The summed E-state index contributed by atoms with van der Waals surface area (Å²) in [4.78, 5) is 0. The van der Waals surface area contributed by atoms with E-state index in [9.17, 15) is 0 Å². The molecular weight excluding hydrogens is 256 g/mol. The van der Waals surface area contributed by atoms with Gasteiger partial charge in [0.15, 0.2) is 12.6 Å². The van der Waals surface area contributed by atoms with Gasteiger partial charge in [-0.3, -0.25) is 0 Å². The van der Waals surface area contributed by atoms with Crippen LogP contribution in [0, 0.1) is 11.8 Å². The van der Waals surface area contributed by atoms with Crippen LogP contribution in [0.2, 0.25) is 0 Å². The highest BCUT2D eigenvalue weighted by Crippen LogP contribution is 2.14. The summed E-state index contributed by atoms with van der Waals surface area (Å²) < 4.78 is 22.1. The van der Waals surface area contributed by atoms with E-state index in [1.165, 1.54) is 12.8 Å². The van der Waals surface area contributed by atoms with Crippen LogP contribution in [-0.4, -0.2) is 39.0 Å². The van der Waals surface area contributed by atoms with Crippen LogP contribution in [0.25, 0.3) is 0 Å². The molecule has 0 amide bonds. The van der Waals surface area contributed by atoms with E-state index in [1.807, 2.05) is 0 Å². The molecule has 114 valence electrons. The van der Waals surface area contributed by atoms with Gasteiger partial charge in [-0.15, -0.1) is 5.92 Å². The van der Waals surface area contributed by atoms with Crippen LogP contribution in [0.15, 0.2) is 0 Å². The van der Waals surface area contributed by atoms with Crippen LogP contribution in [-0.2, 0) is 18.9 Å². The third-order valence-electron chi connectivity index (χ3n) is 3.49. The average Bonchev–Trinajstić information content (AvgIpc) is 2.52. The van der Waals surface area contributed by atoms with Gasteiger partial charge in [-0.25, -0.2) is 0 Å². The highest BCUT2D eigenvalue weighted by Gasteiger charge is 2.13. The molecule has 2 atom stereocenters. The van der Waals surface area contributed by atoms with Crippen molar-refractivity contribution in [2.45, 2.75) is 63.9 Å². The van der Waals surface area contributed by atoms with E-state index in [2.05, 4.69) is 11.8 Å². The van der Waals surface area contributed by atoms with Gasteiger partial charge in [-0.05, 0) is 44.9 Å². The normalized spacial score (nSPS) is 26.8. The molecule has 0 aliphatic carbocycles. The molecule has 0 aromatic heterocycles. The lowest BCUT2D eigenvalue weighted by Crippen LogP contribution is -2.22. The maximum absolute atomic E-state index is 5.64. The number of unbranched alkanes of at least 4 members (excludes halogenated alkanes) is 1. The standard InChI is InChI=1S/C16H26O4/c1(5-11-17-15-9-3-7-13-19-15)2-6-12-18-16-10-4-8-14-20-16/h15-16H,1,3-5,7-14H2/t15-,16-/m0/s1. The maximum atomic E-state index is 5.64. The van der Waals surface area contributed by atoms with Gasteiger partial charge in [0.05, 0.1) is 6.61 Å². The van der Waals surface area contributed by atoms with Crippen molar-refractivity contribution in [2.24, 2.45) is 0 Å². The van der Waals surface area contributed by atoms with Gasteiger partial charge in [0.25, 0.3) is 0 Å². The summed E-state index contributed by atoms with van der Waals surface area (Å²) >= 11 is 0. The first-order valence-electron chi connectivity index (χ1n) is 7.87. The molecule has 0 radical (unpaired) electrons. The molecule has 4 nitrogen and oxygen atoms in total. The Morgan fingerprint density at radius 1 is 0.850 bits per heavy atom. The molecule has 0 aromatic rings. The Labute approximate surface area is 122 Å². The molecule has 2 rings (SSSR count). The Morgan fingerprint density at radius 2 is 1.55 bits per heavy atom. The molecule has 0 spiro atoms. The monoisotopic (exact) mass is 282 g/mol. The molecule has 0 bridgehead atoms. The van der Waals surface area contributed by atoms with Crippen LogP contribution in [0.1, 0.15) is 51.4 Å². The van der Waals surface area contributed by atoms with E-state index in [1.54, 1.807) is 0 Å². The average molecular weight is 282 g/mol. The van der Waals surface area contributed by atoms with Gasteiger partial charge >= 0.3 is 0 Å². The van der Waals surface area contributed by atoms with Crippen LogP contribution >= 0.6 is 0 Å². The minimum absolute atomic E-state index is 0.0171. The molecule has 2 aliphatic heterocycles. The predicted octanol–water partition coefficient (Wildman–Crippen LogP) is 2.86. The molecule has 2 saturated heterocycles. The highest BCUT2D eigenvalue weighted by atomic mass is 16.7. The van der Waals surface area contributed by atoms with Crippen molar-refractivity contribution >= 4 is 0 Å². The minimum atomic E-state index is -0.0372. The van der Waals surface area contributed by atoms with Crippen molar-refractivity contribution in [3.8, 4) is 11.8 Å². The third kappa shape index (κ3) is 6.71. The van der Waals surface area contributed by atoms with E-state index >= 15 is 0 Å². The molecule has 0 saturated carbocycles. The fourth-order valence-electron chi connectivity index (χ4n) is 2.33. The summed E-state index contributed by atoms with van der Waals surface area (Å²) in [6.07, 6.45) is 8.52. The van der Waals surface area contributed by atoms with Crippen molar-refractivity contribution in [1.82, 2.24) is 0 Å². The first-order chi connectivity index (χ1) is 9.95. The van der Waals surface area contributed by atoms with E-state index in [0.29, 0.717) is 6.61 Å². The Morgan fingerprint density at radius 3 is 2.20 bits per heavy atom. The first kappa shape index (κ1) is 15.8. The summed E-state index contributed by atoms with van der Waals surface area (Å²) in [5.74, 6) is 6.14. The summed E-state index contributed by atoms with van der Waals surface area (Å²) in [6.45, 7) is 2.85. The summed E-state index contributed by atoms with van der Waals surface area (Å²) in [7, 11) is 0. The molecule has 2 aliphatic rings. The zero-order valence-electron chi connectivity index (χ0n) is 12.3. The Bertz CT molecular complexity index is 295. The maximum Gasteiger partial charge on any atom is 0.158 e. The van der Waals surface area contributed by atoms with Gasteiger partial charge < -0.3 is 18.9 Å². The Balaban J connectivity index is 1.41. The number of ether oxygens (including phenoxy) is 4. The highest BCUT2D eigenvalue weighted by molar-refractivity contribution is 4.98. The van der Waals surface area contributed by atoms with Crippen LogP contribution in [0.3, 0.4) is 0 Å². The smallest absolute Gasteiger partial charge is 0.158 e.